The van der Waals surface area contributed by atoms with Crippen molar-refractivity contribution >= 4 is 35.6 Å². The standard InChI is InChI=1S/C9H9Cl2F2N.ClH/c10-5-2-1-3-6(11)9(5)7(14)4-8(12)13;/h1-3,7-8H,4,14H2;1H/t7-;/m1./s1. The molecule has 0 aliphatic carbocycles. The van der Waals surface area contributed by atoms with Gasteiger partial charge in [-0.05, 0) is 12.1 Å². The Balaban J connectivity index is 0.00000196. The van der Waals surface area contributed by atoms with Crippen LogP contribution >= 0.6 is 35.6 Å². The molecule has 0 spiro atoms. The van der Waals surface area contributed by atoms with E-state index in [0.717, 1.165) is 0 Å². The summed E-state index contributed by atoms with van der Waals surface area (Å²) >= 11 is 11.6. The Labute approximate surface area is 103 Å². The van der Waals surface area contributed by atoms with Crippen LogP contribution in [0.4, 0.5) is 8.78 Å². The Morgan fingerprint density at radius 3 is 2.07 bits per heavy atom. The minimum Gasteiger partial charge on any atom is -0.324 e. The van der Waals surface area contributed by atoms with Crippen LogP contribution in [-0.4, -0.2) is 6.43 Å². The molecule has 0 saturated heterocycles. The molecular formula is C9H10Cl3F2N. The molecule has 1 nitrogen and oxygen atoms in total. The fourth-order valence-electron chi connectivity index (χ4n) is 1.17. The minimum absolute atomic E-state index is 0. The van der Waals surface area contributed by atoms with Gasteiger partial charge in [0, 0.05) is 28.1 Å². The van der Waals surface area contributed by atoms with Gasteiger partial charge in [0.2, 0.25) is 6.43 Å². The molecule has 86 valence electrons. The van der Waals surface area contributed by atoms with Crippen LogP contribution in [0.2, 0.25) is 10.0 Å². The number of nitrogens with two attached hydrogens (primary N) is 1. The lowest BCUT2D eigenvalue weighted by Crippen LogP contribution is -2.14. The van der Waals surface area contributed by atoms with Crippen LogP contribution in [0, 0.1) is 0 Å². The third-order valence-electron chi connectivity index (χ3n) is 1.80. The summed E-state index contributed by atoms with van der Waals surface area (Å²) in [5.41, 5.74) is 5.93. The van der Waals surface area contributed by atoms with E-state index in [1.807, 2.05) is 0 Å². The zero-order chi connectivity index (χ0) is 10.7. The van der Waals surface area contributed by atoms with Crippen molar-refractivity contribution in [3.05, 3.63) is 33.8 Å². The highest BCUT2D eigenvalue weighted by atomic mass is 35.5. The molecular weight excluding hydrogens is 266 g/mol. The van der Waals surface area contributed by atoms with Gasteiger partial charge in [-0.2, -0.15) is 0 Å². The maximum atomic E-state index is 12.1. The molecule has 0 heterocycles. The van der Waals surface area contributed by atoms with Crippen LogP contribution in [0.5, 0.6) is 0 Å². The number of halogens is 5. The number of hydrogen-bond acceptors (Lipinski definition) is 1. The van der Waals surface area contributed by atoms with Crippen molar-refractivity contribution < 1.29 is 8.78 Å². The molecule has 1 aromatic carbocycles. The molecule has 1 atom stereocenters. The molecule has 0 saturated carbocycles. The summed E-state index contributed by atoms with van der Waals surface area (Å²) in [7, 11) is 0. The monoisotopic (exact) mass is 275 g/mol. The molecule has 0 aromatic heterocycles. The molecule has 0 radical (unpaired) electrons. The maximum Gasteiger partial charge on any atom is 0.240 e. The van der Waals surface area contributed by atoms with Crippen molar-refractivity contribution in [3.63, 3.8) is 0 Å². The number of hydrogen-bond donors (Lipinski definition) is 1. The first kappa shape index (κ1) is 14.9. The molecule has 6 heteroatoms. The second-order valence-corrected chi connectivity index (χ2v) is 3.68. The SMILES string of the molecule is Cl.N[C@H](CC(F)F)c1c(Cl)cccc1Cl. The lowest BCUT2D eigenvalue weighted by molar-refractivity contribution is 0.128. The highest BCUT2D eigenvalue weighted by Crippen LogP contribution is 2.31. The van der Waals surface area contributed by atoms with E-state index in [0.29, 0.717) is 15.6 Å². The molecule has 0 unspecified atom stereocenters. The summed E-state index contributed by atoms with van der Waals surface area (Å²) in [5, 5.41) is 0.649. The van der Waals surface area contributed by atoms with E-state index < -0.39 is 18.9 Å². The van der Waals surface area contributed by atoms with E-state index in [-0.39, 0.29) is 12.4 Å². The average Bonchev–Trinajstić information content (AvgIpc) is 2.01. The van der Waals surface area contributed by atoms with Gasteiger partial charge in [-0.3, -0.25) is 0 Å². The molecule has 0 aliphatic rings. The molecule has 1 aromatic rings. The number of rotatable bonds is 3. The summed E-state index contributed by atoms with van der Waals surface area (Å²) in [5.74, 6) is 0. The van der Waals surface area contributed by atoms with E-state index in [9.17, 15) is 8.78 Å². The molecule has 0 bridgehead atoms. The van der Waals surface area contributed by atoms with E-state index in [1.165, 1.54) is 0 Å². The lowest BCUT2D eigenvalue weighted by atomic mass is 10.1. The van der Waals surface area contributed by atoms with E-state index >= 15 is 0 Å². The first-order chi connectivity index (χ1) is 6.52. The maximum absolute atomic E-state index is 12.1. The van der Waals surface area contributed by atoms with Gasteiger partial charge in [0.05, 0.1) is 0 Å². The highest BCUT2D eigenvalue weighted by molar-refractivity contribution is 6.36. The van der Waals surface area contributed by atoms with Crippen molar-refractivity contribution in [2.45, 2.75) is 18.9 Å². The topological polar surface area (TPSA) is 26.0 Å². The van der Waals surface area contributed by atoms with Gasteiger partial charge in [0.25, 0.3) is 0 Å². The van der Waals surface area contributed by atoms with Crippen LogP contribution in [0.3, 0.4) is 0 Å². The number of alkyl halides is 2. The van der Waals surface area contributed by atoms with Crippen molar-refractivity contribution in [3.8, 4) is 0 Å². The second kappa shape index (κ2) is 6.48. The fraction of sp³-hybridized carbons (Fsp3) is 0.333. The largest absolute Gasteiger partial charge is 0.324 e. The summed E-state index contributed by atoms with van der Waals surface area (Å²) in [6, 6.07) is 3.97. The zero-order valence-electron chi connectivity index (χ0n) is 7.59. The zero-order valence-corrected chi connectivity index (χ0v) is 9.92. The van der Waals surface area contributed by atoms with Crippen LogP contribution in [-0.2, 0) is 0 Å². The van der Waals surface area contributed by atoms with Crippen LogP contribution in [0.1, 0.15) is 18.0 Å². The van der Waals surface area contributed by atoms with E-state index in [4.69, 9.17) is 28.9 Å². The van der Waals surface area contributed by atoms with E-state index in [1.54, 1.807) is 18.2 Å². The first-order valence-corrected chi connectivity index (χ1v) is 4.75. The van der Waals surface area contributed by atoms with Crippen LogP contribution in [0.15, 0.2) is 18.2 Å². The molecule has 0 amide bonds. The summed E-state index contributed by atoms with van der Waals surface area (Å²) in [6.45, 7) is 0. The van der Waals surface area contributed by atoms with Crippen molar-refractivity contribution in [1.29, 1.82) is 0 Å². The van der Waals surface area contributed by atoms with Crippen molar-refractivity contribution in [2.24, 2.45) is 5.73 Å². The minimum atomic E-state index is -2.46. The van der Waals surface area contributed by atoms with Gasteiger partial charge in [0.15, 0.2) is 0 Å². The predicted molar refractivity (Wildman–Crippen MR) is 61.3 cm³/mol. The summed E-state index contributed by atoms with van der Waals surface area (Å²) < 4.78 is 24.1. The Morgan fingerprint density at radius 2 is 1.67 bits per heavy atom. The molecule has 0 aliphatic heterocycles. The summed E-state index contributed by atoms with van der Waals surface area (Å²) in [4.78, 5) is 0. The molecule has 15 heavy (non-hydrogen) atoms. The molecule has 2 N–H and O–H groups in total. The van der Waals surface area contributed by atoms with Crippen LogP contribution in [0.25, 0.3) is 0 Å². The Kier molecular flexibility index (Phi) is 6.44. The van der Waals surface area contributed by atoms with Gasteiger partial charge >= 0.3 is 0 Å². The molecule has 1 rings (SSSR count). The normalized spacial score (nSPS) is 12.4. The Bertz CT molecular complexity index is 300. The lowest BCUT2D eigenvalue weighted by Gasteiger charge is -2.14. The third-order valence-corrected chi connectivity index (χ3v) is 2.46. The van der Waals surface area contributed by atoms with Gasteiger partial charge in [0.1, 0.15) is 0 Å². The van der Waals surface area contributed by atoms with Gasteiger partial charge in [-0.25, -0.2) is 8.78 Å². The number of benzene rings is 1. The van der Waals surface area contributed by atoms with Gasteiger partial charge < -0.3 is 5.73 Å². The van der Waals surface area contributed by atoms with E-state index in [2.05, 4.69) is 0 Å². The Morgan fingerprint density at radius 1 is 1.20 bits per heavy atom. The smallest absolute Gasteiger partial charge is 0.240 e. The van der Waals surface area contributed by atoms with Crippen molar-refractivity contribution in [1.82, 2.24) is 0 Å². The van der Waals surface area contributed by atoms with Gasteiger partial charge in [-0.15, -0.1) is 12.4 Å². The quantitative estimate of drug-likeness (QED) is 0.885. The van der Waals surface area contributed by atoms with Gasteiger partial charge in [-0.1, -0.05) is 29.3 Å². The Hall–Kier alpha value is -0.0900. The first-order valence-electron chi connectivity index (χ1n) is 4.00. The van der Waals surface area contributed by atoms with Crippen molar-refractivity contribution in [2.75, 3.05) is 0 Å². The summed E-state index contributed by atoms with van der Waals surface area (Å²) in [6.07, 6.45) is -2.90. The highest BCUT2D eigenvalue weighted by Gasteiger charge is 2.17. The fourth-order valence-corrected chi connectivity index (χ4v) is 1.85. The second-order valence-electron chi connectivity index (χ2n) is 2.87. The third kappa shape index (κ3) is 4.11. The predicted octanol–water partition coefficient (Wildman–Crippen LogP) is 4.07. The molecule has 0 fully saturated rings. The average molecular weight is 277 g/mol. The van der Waals surface area contributed by atoms with Crippen LogP contribution < -0.4 is 5.73 Å².